The van der Waals surface area contributed by atoms with E-state index in [0.717, 1.165) is 0 Å². The summed E-state index contributed by atoms with van der Waals surface area (Å²) in [5, 5.41) is 6.76. The Morgan fingerprint density at radius 3 is 1.18 bits per heavy atom. The molecule has 0 saturated heterocycles. The Morgan fingerprint density at radius 1 is 1.18 bits per heavy atom. The summed E-state index contributed by atoms with van der Waals surface area (Å²) in [6.07, 6.45) is 0. The van der Waals surface area contributed by atoms with Crippen molar-refractivity contribution in [3.8, 4) is 0 Å². The van der Waals surface area contributed by atoms with E-state index in [4.69, 9.17) is 15.6 Å². The topological polar surface area (TPSA) is 94.6 Å². The molecule has 0 saturated carbocycles. The van der Waals surface area contributed by atoms with Crippen molar-refractivity contribution in [2.45, 2.75) is 0 Å². The van der Waals surface area contributed by atoms with E-state index in [1.807, 2.05) is 0 Å². The maximum atomic E-state index is 8.24. The summed E-state index contributed by atoms with van der Waals surface area (Å²) in [4.78, 5) is 8.24. The Morgan fingerprint density at radius 2 is 1.18 bits per heavy atom. The van der Waals surface area contributed by atoms with Crippen LogP contribution in [0, 0.1) is 14.9 Å². The van der Waals surface area contributed by atoms with Crippen molar-refractivity contribution in [1.82, 2.24) is 0 Å². The monoisotopic (exact) mass is 250 g/mol. The first kappa shape index (κ1) is 64.1. The van der Waals surface area contributed by atoms with E-state index in [1.165, 1.54) is 7.05 Å². The van der Waals surface area contributed by atoms with E-state index in [1.54, 1.807) is 0 Å². The van der Waals surface area contributed by atoms with Crippen LogP contribution in [0.25, 0.3) is 11.9 Å². The molecule has 0 aromatic heterocycles. The largest absolute Gasteiger partial charge is 1.00 e. The summed E-state index contributed by atoms with van der Waals surface area (Å²) in [6, 6.07) is 0. The molecule has 4 N–H and O–H groups in total. The van der Waals surface area contributed by atoms with Gasteiger partial charge in [-0.3, -0.25) is 0 Å². The first-order valence-corrected chi connectivity index (χ1v) is 0.928. The van der Waals surface area contributed by atoms with Crippen molar-refractivity contribution in [1.29, 1.82) is 0 Å². The molecule has 0 atom stereocenters. The van der Waals surface area contributed by atoms with Crippen molar-refractivity contribution < 1.29 is 131 Å². The van der Waals surface area contributed by atoms with E-state index >= 15 is 0 Å². The summed E-state index contributed by atoms with van der Waals surface area (Å²) in [7, 11) is 1.25. The maximum absolute atomic E-state index is 8.24. The molecule has 11 heavy (non-hydrogen) atoms. The normalized spacial score (nSPS) is 1.64. The average Bonchev–Trinajstić information content (AvgIpc) is 1.46. The molecular formula is C4H13K2N2O2V-3. The van der Waals surface area contributed by atoms with Gasteiger partial charge in [0.15, 0.2) is 0 Å². The van der Waals surface area contributed by atoms with Gasteiger partial charge in [-0.05, 0) is 0 Å². The zero-order chi connectivity index (χ0) is 4.71. The van der Waals surface area contributed by atoms with Crippen LogP contribution in [-0.4, -0.2) is 18.6 Å². The van der Waals surface area contributed by atoms with Crippen LogP contribution in [0.15, 0.2) is 0 Å². The van der Waals surface area contributed by atoms with Gasteiger partial charge in [-0.2, -0.15) is 7.05 Å². The van der Waals surface area contributed by atoms with E-state index in [2.05, 4.69) is 0 Å². The molecule has 0 aromatic rings. The van der Waals surface area contributed by atoms with Gasteiger partial charge in [0, 0.05) is 18.6 Å². The molecule has 61 valence electrons. The molecule has 0 aliphatic rings. The van der Waals surface area contributed by atoms with Crippen LogP contribution < -0.4 is 103 Å². The van der Waals surface area contributed by atoms with Gasteiger partial charge in [-0.15, -0.1) is 0 Å². The van der Waals surface area contributed by atoms with Gasteiger partial charge in [0.25, 0.3) is 0 Å². The Kier molecular flexibility index (Phi) is 642. The molecule has 0 aliphatic heterocycles. The third-order valence-corrected chi connectivity index (χ3v) is 0. The Labute approximate surface area is 167 Å². The minimum Gasteiger partial charge on any atom is -0.693 e. The van der Waals surface area contributed by atoms with Gasteiger partial charge in [-0.1, -0.05) is 6.47 Å². The second kappa shape index (κ2) is 110. The molecule has 0 fully saturated rings. The zero-order valence-electron chi connectivity index (χ0n) is 7.88. The third kappa shape index (κ3) is 159. The van der Waals surface area contributed by atoms with Gasteiger partial charge >= 0.3 is 103 Å². The molecule has 0 aliphatic carbocycles. The molecule has 0 heterocycles. The zero-order valence-corrected chi connectivity index (χ0v) is 15.5. The number of nitrogens with two attached hydrogens (primary N) is 1. The second-order valence-electron chi connectivity index (χ2n) is 0.0913. The minimum atomic E-state index is 0. The molecule has 7 heteroatoms. The minimum absolute atomic E-state index is 0. The van der Waals surface area contributed by atoms with Crippen LogP contribution in [0.5, 0.6) is 0 Å². The van der Waals surface area contributed by atoms with E-state index in [-0.39, 0.29) is 142 Å². The van der Waals surface area contributed by atoms with Gasteiger partial charge < -0.3 is 36.6 Å². The summed E-state index contributed by atoms with van der Waals surface area (Å²) < 4.78 is 0. The number of aliphatic hydroxyl groups excluding tert-OH is 1. The predicted molar refractivity (Wildman–Crippen MR) is 36.7 cm³/mol. The Bertz CT molecular complexity index is 31.6. The van der Waals surface area contributed by atoms with Gasteiger partial charge in [0.1, 0.15) is 0 Å². The van der Waals surface area contributed by atoms with Crippen LogP contribution in [-0.2, 0) is 23.4 Å². The smallest absolute Gasteiger partial charge is 0.693 e. The molecule has 0 bridgehead atoms. The second-order valence-corrected chi connectivity index (χ2v) is 0.0913. The molecule has 0 rings (SSSR count). The van der Waals surface area contributed by atoms with E-state index < -0.39 is 0 Å². The van der Waals surface area contributed by atoms with E-state index in [9.17, 15) is 0 Å². The van der Waals surface area contributed by atoms with E-state index in [0.29, 0.717) is 6.47 Å². The van der Waals surface area contributed by atoms with Gasteiger partial charge in [-0.25, -0.2) is 0 Å². The van der Waals surface area contributed by atoms with Crippen molar-refractivity contribution in [2.75, 3.05) is 7.05 Å². The molecule has 4 nitrogen and oxygen atoms in total. The molecule has 1 radical (unpaired) electrons. The summed E-state index contributed by atoms with van der Waals surface area (Å²) in [6.45, 7) is 0.500. The third-order valence-electron chi connectivity index (χ3n) is 0. The molecular weight excluding hydrogens is 237 g/mol. The van der Waals surface area contributed by atoms with Crippen LogP contribution in [0.4, 0.5) is 0 Å². The molecule has 0 unspecified atom stereocenters. The maximum Gasteiger partial charge on any atom is 1.00 e. The number of nitrogens with one attached hydrogen (secondary N) is 1. The Hall–Kier alpha value is 3.25. The SMILES string of the molecule is C[NH-].O=[C-]O.[CH3-].[CH3-].[K+].[K+].[NH2-].[V]. The fraction of sp³-hybridized carbons (Fsp3) is 0.250. The first-order chi connectivity index (χ1) is 2.41. The van der Waals surface area contributed by atoms with Crippen molar-refractivity contribution in [3.05, 3.63) is 26.7 Å². The average molecular weight is 250 g/mol. The first-order valence-electron chi connectivity index (χ1n) is 0.928. The molecule has 0 spiro atoms. The predicted octanol–water partition coefficient (Wildman–Crippen LogP) is -4.10. The van der Waals surface area contributed by atoms with Crippen LogP contribution in [0.3, 0.4) is 0 Å². The van der Waals surface area contributed by atoms with Crippen molar-refractivity contribution >= 4 is 6.47 Å². The van der Waals surface area contributed by atoms with Gasteiger partial charge in [0.05, 0.1) is 0 Å². The number of hydrogen-bond acceptors (Lipinski definition) is 1. The van der Waals surface area contributed by atoms with Gasteiger partial charge in [0.2, 0.25) is 0 Å². The van der Waals surface area contributed by atoms with Crippen molar-refractivity contribution in [2.24, 2.45) is 0 Å². The quantitative estimate of drug-likeness (QED) is 0.349. The standard InChI is InChI=1S/CH4N.CHO2.2CH3.2K.H2N.V/c1-2;2-1-3;;;;;;/h2H,1H3;(H,2,3);2*1H3;;;1H2;/q4*-1;2*+1;-1;. The Balaban J connectivity index is -0.00000000181. The fourth-order valence-electron chi connectivity index (χ4n) is 0. The van der Waals surface area contributed by atoms with Crippen molar-refractivity contribution in [3.63, 3.8) is 0 Å². The summed E-state index contributed by atoms with van der Waals surface area (Å²) in [5.74, 6) is 0. The van der Waals surface area contributed by atoms with Crippen LogP contribution in [0.2, 0.25) is 0 Å². The molecule has 0 amide bonds. The number of hydrogen-bond donors (Lipinski definition) is 1. The van der Waals surface area contributed by atoms with Crippen LogP contribution in [0.1, 0.15) is 0 Å². The number of rotatable bonds is 0. The molecule has 0 aromatic carbocycles. The summed E-state index contributed by atoms with van der Waals surface area (Å²) in [5.41, 5.74) is 5.75. The fourth-order valence-corrected chi connectivity index (χ4v) is 0. The van der Waals surface area contributed by atoms with Crippen LogP contribution >= 0.6 is 0 Å². The summed E-state index contributed by atoms with van der Waals surface area (Å²) >= 11 is 0.